The Bertz CT molecular complexity index is 5210. The van der Waals surface area contributed by atoms with E-state index in [1.165, 1.54) is 33.4 Å². The number of amides is 10. The Morgan fingerprint density at radius 3 is 0.732 bits per heavy atom. The molecule has 4 aliphatic heterocycles. The van der Waals surface area contributed by atoms with Crippen molar-refractivity contribution in [2.75, 3.05) is 40.3 Å². The lowest BCUT2D eigenvalue weighted by atomic mass is 9.85. The summed E-state index contributed by atoms with van der Waals surface area (Å²) in [5.41, 5.74) is 17.7. The minimum Gasteiger partial charge on any atom is -0.391 e. The molecule has 34 heteroatoms. The van der Waals surface area contributed by atoms with E-state index in [9.17, 15) is 68.4 Å². The zero-order valence-corrected chi connectivity index (χ0v) is 90.0. The van der Waals surface area contributed by atoms with Crippen molar-refractivity contribution in [2.24, 2.45) is 21.7 Å². The third-order valence-electron chi connectivity index (χ3n) is 23.6. The van der Waals surface area contributed by atoms with Gasteiger partial charge < -0.3 is 82.6 Å². The fourth-order valence-electron chi connectivity index (χ4n) is 16.6. The van der Waals surface area contributed by atoms with Gasteiger partial charge in [0.1, 0.15) is 36.3 Å². The highest BCUT2D eigenvalue weighted by Crippen LogP contribution is 2.36. The largest absolute Gasteiger partial charge is 0.391 e. The summed E-state index contributed by atoms with van der Waals surface area (Å²) < 4.78 is 0. The topological polar surface area (TPSA) is 412 Å². The molecular weight excluding hydrogens is 1870 g/mol. The minimum absolute atomic E-state index is 0. The Morgan fingerprint density at radius 2 is 0.542 bits per heavy atom. The average Bonchev–Trinajstić information content (AvgIpc) is 1.65. The molecule has 4 saturated heterocycles. The van der Waals surface area contributed by atoms with Crippen LogP contribution in [0.4, 0.5) is 0 Å². The number of likely N-dealkylation sites (N-methyl/N-ethyl adjacent to an activating group) is 2. The van der Waals surface area contributed by atoms with Crippen molar-refractivity contribution in [2.45, 2.75) is 347 Å². The molecule has 12 N–H and O–H groups in total. The molecule has 4 fully saturated rings. The number of thiazole rings is 4. The molecule has 0 radical (unpaired) electrons. The van der Waals surface area contributed by atoms with E-state index in [4.69, 9.17) is 0 Å². The summed E-state index contributed by atoms with van der Waals surface area (Å²) in [6, 6.07) is 26.0. The van der Waals surface area contributed by atoms with Crippen molar-refractivity contribution in [3.05, 3.63) is 164 Å². The quantitative estimate of drug-likeness (QED) is 0.0267. The Balaban J connectivity index is 0.000000915. The van der Waals surface area contributed by atoms with Gasteiger partial charge in [0.2, 0.25) is 59.1 Å². The molecule has 142 heavy (non-hydrogen) atoms. The molecule has 0 aliphatic carbocycles. The van der Waals surface area contributed by atoms with Gasteiger partial charge in [-0.05, 0) is 122 Å². The Hall–Kier alpha value is -10.1. The SMILES string of the molecule is C.C.C.C.CC.CC.CC.CC.CC(=O)N[C@H](C(=O)N1C[C@H](O)C[C@H]1C(=O)NCc1ccc(-c2scnc2C)cc1)C(C)(C)C.CC(=O)N[C@H](C(=O)N1C[C@H](O)C[C@H]1C(=O)N[C@@H](C)c1ccc(-c2scnc2C)cc1)C(C)(C)C.CN[C@H](C(=O)N1C[C@H](O)C[C@H]1C(=O)NCc1ccc(-c2scnc2C)cc1)C(C)(C)C.CN[C@H](C(=O)N1C[C@H](O)C[C@H]1C(=O)N[C@@H](C)c1ccc(-c2scnc2C)cc1)C(C)(C)C. The van der Waals surface area contributed by atoms with Crippen LogP contribution < -0.4 is 42.5 Å². The maximum atomic E-state index is 13.3. The van der Waals surface area contributed by atoms with E-state index in [0.717, 1.165) is 86.8 Å². The summed E-state index contributed by atoms with van der Waals surface area (Å²) in [5.74, 6) is -2.81. The van der Waals surface area contributed by atoms with Gasteiger partial charge in [-0.2, -0.15) is 0 Å². The molecule has 4 aromatic heterocycles. The molecule has 8 heterocycles. The first kappa shape index (κ1) is 130. The van der Waals surface area contributed by atoms with Gasteiger partial charge in [0, 0.05) is 78.8 Å². The second-order valence-electron chi connectivity index (χ2n) is 38.4. The van der Waals surface area contributed by atoms with Crippen LogP contribution in [0.5, 0.6) is 0 Å². The number of likely N-dealkylation sites (tertiary alicyclic amines) is 4. The van der Waals surface area contributed by atoms with Crippen LogP contribution in [0.25, 0.3) is 41.8 Å². The predicted octanol–water partition coefficient (Wildman–Crippen LogP) is 16.9. The molecule has 792 valence electrons. The smallest absolute Gasteiger partial charge is 0.246 e. The fraction of sp³-hybridized carbons (Fsp3) is 0.574. The summed E-state index contributed by atoms with van der Waals surface area (Å²) in [7, 11) is 3.49. The molecule has 30 nitrogen and oxygen atoms in total. The number of hydrogen-bond acceptors (Lipinski definition) is 24. The number of benzene rings is 4. The van der Waals surface area contributed by atoms with Crippen LogP contribution in [0.2, 0.25) is 0 Å². The van der Waals surface area contributed by atoms with Crippen LogP contribution in [0.3, 0.4) is 0 Å². The van der Waals surface area contributed by atoms with E-state index in [1.807, 2.05) is 299 Å². The van der Waals surface area contributed by atoms with Crippen molar-refractivity contribution >= 4 is 104 Å². The molecule has 4 aliphatic rings. The number of carbonyl (C=O) groups is 10. The molecule has 12 rings (SSSR count). The lowest BCUT2D eigenvalue weighted by Crippen LogP contribution is -2.57. The van der Waals surface area contributed by atoms with Gasteiger partial charge in [-0.25, -0.2) is 19.9 Å². The van der Waals surface area contributed by atoms with Crippen molar-refractivity contribution in [1.29, 1.82) is 0 Å². The minimum atomic E-state index is -0.803. The van der Waals surface area contributed by atoms with E-state index in [-0.39, 0.29) is 164 Å². The van der Waals surface area contributed by atoms with Crippen molar-refractivity contribution in [3.8, 4) is 41.8 Å². The Kier molecular flexibility index (Phi) is 54.8. The molecule has 0 bridgehead atoms. The van der Waals surface area contributed by atoms with E-state index < -0.39 is 83.6 Å². The van der Waals surface area contributed by atoms with Gasteiger partial charge in [0.05, 0.1) is 113 Å². The lowest BCUT2D eigenvalue weighted by molar-refractivity contribution is -0.144. The normalized spacial score (nSPS) is 18.5. The molecule has 10 amide bonds. The standard InChI is InChI=1S/C25H34N4O4S.C24H32N4O4S.C24H34N4O3S.C23H32N4O3S.4C2H6.4CH4/c1-14(17-7-9-18(10-8-17)21-15(2)26-13-34-21)27-23(32)20-11-19(31)12-29(20)24(33)22(25(4,5)6)28-16(3)30;1-14-20(33-13-26-14)17-8-6-16(7-9-17)11-25-22(31)19-10-18(30)12-28(19)23(32)21(24(3,4)5)27-15(2)29;1-14(16-7-9-17(10-8-16)20-15(2)26-13-32-20)27-22(30)19-11-18(29)12-28(19)23(31)21(25-6)24(3,4)5;1-14-19(31-13-26-14)16-8-6-15(7-9-16)11-25-21(29)18-10-17(28)12-27(18)22(30)20(24-5)23(2,3)4;4*1-2;;;;/h7-10,13-14,19-20,22,31H,11-12H2,1-6H3,(H,27,32)(H,28,30);6-9,13,18-19,21,30H,10-12H2,1-5H3,(H,25,31)(H,27,29);7-10,13-14,18-19,21,25,29H,11-12H2,1-6H3,(H,27,30);6-9,13,17-18,20,24,28H,10-12H2,1-5H3,(H,25,29);4*1-2H3;4*1H4/t14-,19+,20-,22+;18-,19+,21-;14-,18+,19-,21+;17-,18+,20-;;;;;;;;/m0101......../s1. The number of aromatic nitrogens is 4. The fourth-order valence-corrected chi connectivity index (χ4v) is 19.8. The molecule has 4 aromatic carbocycles. The maximum Gasteiger partial charge on any atom is 0.246 e. The van der Waals surface area contributed by atoms with E-state index in [2.05, 4.69) is 62.5 Å². The number of nitrogens with one attached hydrogen (secondary N) is 8. The number of aliphatic hydroxyl groups is 4. The van der Waals surface area contributed by atoms with Gasteiger partial charge in [0.15, 0.2) is 0 Å². The highest BCUT2D eigenvalue weighted by atomic mass is 32.1. The number of hydrogen-bond donors (Lipinski definition) is 12. The molecule has 14 atom stereocenters. The lowest BCUT2D eigenvalue weighted by Gasteiger charge is -2.35. The van der Waals surface area contributed by atoms with Crippen LogP contribution in [0.15, 0.2) is 119 Å². The van der Waals surface area contributed by atoms with Crippen LogP contribution in [0, 0.1) is 49.4 Å². The van der Waals surface area contributed by atoms with Crippen molar-refractivity contribution in [3.63, 3.8) is 0 Å². The summed E-state index contributed by atoms with van der Waals surface area (Å²) in [5, 5.41) is 64.2. The monoisotopic (exact) mass is 2050 g/mol. The third-order valence-corrected chi connectivity index (χ3v) is 27.5. The average molecular weight is 2050 g/mol. The number of carbonyl (C=O) groups excluding carboxylic acids is 10. The first-order valence-corrected chi connectivity index (χ1v) is 51.5. The van der Waals surface area contributed by atoms with E-state index in [0.29, 0.717) is 13.1 Å². The first-order valence-electron chi connectivity index (χ1n) is 48.0. The predicted molar refractivity (Wildman–Crippen MR) is 581 cm³/mol. The van der Waals surface area contributed by atoms with Crippen molar-refractivity contribution in [1.82, 2.24) is 82.1 Å². The summed E-state index contributed by atoms with van der Waals surface area (Å²) in [4.78, 5) is 156. The maximum absolute atomic E-state index is 13.3. The Morgan fingerprint density at radius 1 is 0.338 bits per heavy atom. The summed E-state index contributed by atoms with van der Waals surface area (Å²) >= 11 is 6.38. The summed E-state index contributed by atoms with van der Waals surface area (Å²) in [6.45, 7) is 54.6. The highest BCUT2D eigenvalue weighted by Gasteiger charge is 2.49. The number of rotatable bonds is 24. The van der Waals surface area contributed by atoms with Crippen molar-refractivity contribution < 1.29 is 68.4 Å². The molecule has 0 spiro atoms. The number of aryl methyl sites for hydroxylation is 4. The van der Waals surface area contributed by atoms with Gasteiger partial charge in [-0.1, -0.05) is 265 Å². The molecule has 0 saturated carbocycles. The van der Waals surface area contributed by atoms with Gasteiger partial charge in [-0.3, -0.25) is 47.9 Å². The number of nitrogens with zero attached hydrogens (tertiary/aromatic N) is 8. The second-order valence-corrected chi connectivity index (χ2v) is 41.8. The van der Waals surface area contributed by atoms with Gasteiger partial charge in [0.25, 0.3) is 0 Å². The van der Waals surface area contributed by atoms with Crippen LogP contribution in [0.1, 0.15) is 279 Å². The van der Waals surface area contributed by atoms with Crippen LogP contribution >= 0.6 is 45.3 Å². The van der Waals surface area contributed by atoms with Crippen LogP contribution in [-0.2, 0) is 61.0 Å². The van der Waals surface area contributed by atoms with E-state index >= 15 is 0 Å². The molecule has 0 unspecified atom stereocenters. The van der Waals surface area contributed by atoms with Gasteiger partial charge >= 0.3 is 0 Å². The molecular formula is C108H172N16O14S4. The number of aliphatic hydroxyl groups excluding tert-OH is 4. The summed E-state index contributed by atoms with van der Waals surface area (Å²) in [6.07, 6.45) is -2.16. The molecule has 8 aromatic rings. The third kappa shape index (κ3) is 36.3. The second kappa shape index (κ2) is 59.9. The van der Waals surface area contributed by atoms with E-state index in [1.54, 1.807) is 59.4 Å². The Labute approximate surface area is 864 Å². The van der Waals surface area contributed by atoms with Crippen LogP contribution in [-0.4, -0.2) is 232 Å². The zero-order valence-electron chi connectivity index (χ0n) is 86.8. The van der Waals surface area contributed by atoms with Gasteiger partial charge in [-0.15, -0.1) is 45.3 Å². The number of β-amino-alcohol motifs (C(OH)–C–C–N with tert-alkyl or cyclic N) is 4. The zero-order chi connectivity index (χ0) is 104. The highest BCUT2D eigenvalue weighted by molar-refractivity contribution is 7.14. The first-order chi connectivity index (χ1) is 65.0.